The molecule has 0 aliphatic heterocycles. The molecule has 2 unspecified atom stereocenters. The Morgan fingerprint density at radius 1 is 1.24 bits per heavy atom. The zero-order chi connectivity index (χ0) is 15.9. The van der Waals surface area contributed by atoms with Crippen molar-refractivity contribution in [1.82, 2.24) is 15.4 Å². The van der Waals surface area contributed by atoms with E-state index in [1.165, 1.54) is 0 Å². The van der Waals surface area contributed by atoms with Crippen LogP contribution < -0.4 is 15.4 Å². The van der Waals surface area contributed by atoms with Crippen molar-refractivity contribution in [3.63, 3.8) is 0 Å². The Morgan fingerprint density at radius 3 is 2.52 bits per heavy atom. The largest absolute Gasteiger partial charge is 0.481 e. The molecule has 9 heteroatoms. The molecule has 0 bridgehead atoms. The van der Waals surface area contributed by atoms with E-state index < -0.39 is 34.0 Å². The van der Waals surface area contributed by atoms with Crippen LogP contribution in [-0.4, -0.2) is 50.4 Å². The number of amides is 2. The summed E-state index contributed by atoms with van der Waals surface area (Å²) in [6.07, 6.45) is 2.90. The average Bonchev–Trinajstić information content (AvgIpc) is 2.38. The molecule has 122 valence electrons. The molecule has 0 saturated heterocycles. The maximum Gasteiger partial charge on any atom is 0.315 e. The first-order valence-electron chi connectivity index (χ1n) is 7.10. The second kappa shape index (κ2) is 8.18. The summed E-state index contributed by atoms with van der Waals surface area (Å²) in [6, 6.07) is -0.929. The Bertz CT molecular complexity index is 466. The molecule has 0 spiro atoms. The first-order valence-corrected chi connectivity index (χ1v) is 8.75. The van der Waals surface area contributed by atoms with E-state index in [9.17, 15) is 18.0 Å². The van der Waals surface area contributed by atoms with Gasteiger partial charge in [0.25, 0.3) is 0 Å². The summed E-state index contributed by atoms with van der Waals surface area (Å²) in [5.41, 5.74) is 0. The third-order valence-corrected chi connectivity index (χ3v) is 4.89. The van der Waals surface area contributed by atoms with E-state index in [0.29, 0.717) is 19.4 Å². The van der Waals surface area contributed by atoms with E-state index in [4.69, 9.17) is 5.11 Å². The number of hydrogen-bond donors (Lipinski definition) is 4. The predicted molar refractivity (Wildman–Crippen MR) is 77.4 cm³/mol. The molecule has 0 heterocycles. The molecule has 2 atom stereocenters. The first-order chi connectivity index (χ1) is 9.85. The molecular weight excluding hydrogens is 298 g/mol. The lowest BCUT2D eigenvalue weighted by atomic mass is 9.84. The third kappa shape index (κ3) is 6.30. The molecule has 0 aromatic carbocycles. The van der Waals surface area contributed by atoms with Crippen molar-refractivity contribution in [2.24, 2.45) is 5.92 Å². The Labute approximate surface area is 124 Å². The summed E-state index contributed by atoms with van der Waals surface area (Å²) in [7, 11) is -3.37. The topological polar surface area (TPSA) is 125 Å². The molecule has 1 saturated carbocycles. The Hall–Kier alpha value is -1.35. The van der Waals surface area contributed by atoms with Crippen LogP contribution in [0.1, 0.15) is 32.6 Å². The fourth-order valence-electron chi connectivity index (χ4n) is 2.41. The van der Waals surface area contributed by atoms with Gasteiger partial charge in [-0.25, -0.2) is 17.9 Å². The van der Waals surface area contributed by atoms with Crippen LogP contribution in [0.3, 0.4) is 0 Å². The number of nitrogens with one attached hydrogen (secondary N) is 3. The van der Waals surface area contributed by atoms with E-state index in [1.54, 1.807) is 6.92 Å². The lowest BCUT2D eigenvalue weighted by Gasteiger charge is -2.29. The quantitative estimate of drug-likeness (QED) is 0.520. The van der Waals surface area contributed by atoms with Gasteiger partial charge in [0.05, 0.1) is 11.7 Å². The highest BCUT2D eigenvalue weighted by molar-refractivity contribution is 7.89. The molecule has 8 nitrogen and oxygen atoms in total. The van der Waals surface area contributed by atoms with Crippen molar-refractivity contribution < 1.29 is 23.1 Å². The van der Waals surface area contributed by atoms with Crippen molar-refractivity contribution in [3.05, 3.63) is 0 Å². The standard InChI is InChI=1S/C12H23N3O5S/c1-2-14-21(19,20)8-7-13-12(18)15-10-6-4-3-5-9(10)11(16)17/h9-10,14H,2-8H2,1H3,(H,16,17)(H2,13,15,18). The van der Waals surface area contributed by atoms with Crippen LogP contribution >= 0.6 is 0 Å². The van der Waals surface area contributed by atoms with Gasteiger partial charge in [0.15, 0.2) is 0 Å². The lowest BCUT2D eigenvalue weighted by molar-refractivity contribution is -0.143. The minimum atomic E-state index is -3.37. The highest BCUT2D eigenvalue weighted by atomic mass is 32.2. The molecule has 4 N–H and O–H groups in total. The van der Waals surface area contributed by atoms with Gasteiger partial charge in [0, 0.05) is 19.1 Å². The van der Waals surface area contributed by atoms with Crippen molar-refractivity contribution in [1.29, 1.82) is 0 Å². The van der Waals surface area contributed by atoms with Gasteiger partial charge in [-0.15, -0.1) is 0 Å². The molecule has 0 aromatic heterocycles. The fraction of sp³-hybridized carbons (Fsp3) is 0.833. The van der Waals surface area contributed by atoms with Crippen LogP contribution in [0.4, 0.5) is 4.79 Å². The summed E-state index contributed by atoms with van der Waals surface area (Å²) in [6.45, 7) is 1.95. The van der Waals surface area contributed by atoms with Gasteiger partial charge in [-0.05, 0) is 12.8 Å². The molecule has 1 fully saturated rings. The number of carbonyl (C=O) groups is 2. The number of sulfonamides is 1. The average molecular weight is 321 g/mol. The van der Waals surface area contributed by atoms with Crippen molar-refractivity contribution >= 4 is 22.0 Å². The van der Waals surface area contributed by atoms with Crippen LogP contribution in [0.25, 0.3) is 0 Å². The Balaban J connectivity index is 2.37. The smallest absolute Gasteiger partial charge is 0.315 e. The van der Waals surface area contributed by atoms with Gasteiger partial charge in [0.1, 0.15) is 0 Å². The molecular formula is C12H23N3O5S. The van der Waals surface area contributed by atoms with Crippen LogP contribution in [-0.2, 0) is 14.8 Å². The van der Waals surface area contributed by atoms with E-state index in [-0.39, 0.29) is 12.3 Å². The van der Waals surface area contributed by atoms with E-state index in [0.717, 1.165) is 12.8 Å². The molecule has 1 aliphatic carbocycles. The second-order valence-electron chi connectivity index (χ2n) is 5.05. The normalized spacial score (nSPS) is 22.5. The van der Waals surface area contributed by atoms with E-state index in [1.807, 2.05) is 0 Å². The molecule has 0 radical (unpaired) electrons. The summed E-state index contributed by atoms with van der Waals surface area (Å²) >= 11 is 0. The molecule has 2 amide bonds. The Kier molecular flexibility index (Phi) is 6.90. The van der Waals surface area contributed by atoms with Gasteiger partial charge in [0.2, 0.25) is 10.0 Å². The van der Waals surface area contributed by atoms with Crippen LogP contribution in [0.2, 0.25) is 0 Å². The predicted octanol–water partition coefficient (Wildman–Crippen LogP) is -0.132. The van der Waals surface area contributed by atoms with Crippen LogP contribution in [0.15, 0.2) is 0 Å². The second-order valence-corrected chi connectivity index (χ2v) is 6.98. The number of carboxylic acids is 1. The maximum absolute atomic E-state index is 11.7. The van der Waals surface area contributed by atoms with Crippen LogP contribution in [0, 0.1) is 5.92 Å². The van der Waals surface area contributed by atoms with Crippen molar-refractivity contribution in [3.8, 4) is 0 Å². The third-order valence-electron chi connectivity index (χ3n) is 3.42. The van der Waals surface area contributed by atoms with E-state index >= 15 is 0 Å². The highest BCUT2D eigenvalue weighted by Crippen LogP contribution is 2.24. The maximum atomic E-state index is 11.7. The Morgan fingerprint density at radius 2 is 1.90 bits per heavy atom. The van der Waals surface area contributed by atoms with Gasteiger partial charge in [-0.2, -0.15) is 0 Å². The number of carbonyl (C=O) groups excluding carboxylic acids is 1. The fourth-order valence-corrected chi connectivity index (χ4v) is 3.36. The molecule has 0 aromatic rings. The SMILES string of the molecule is CCNS(=O)(=O)CCNC(=O)NC1CCCCC1C(=O)O. The molecule has 1 aliphatic rings. The summed E-state index contributed by atoms with van der Waals surface area (Å²) in [5, 5.41) is 14.2. The lowest BCUT2D eigenvalue weighted by Crippen LogP contribution is -2.49. The molecule has 21 heavy (non-hydrogen) atoms. The van der Waals surface area contributed by atoms with Gasteiger partial charge < -0.3 is 15.7 Å². The zero-order valence-electron chi connectivity index (χ0n) is 12.1. The minimum Gasteiger partial charge on any atom is -0.481 e. The number of rotatable bonds is 7. The number of aliphatic carboxylic acids is 1. The zero-order valence-corrected chi connectivity index (χ0v) is 12.9. The number of hydrogen-bond acceptors (Lipinski definition) is 4. The summed E-state index contributed by atoms with van der Waals surface area (Å²) in [5.74, 6) is -1.69. The highest BCUT2D eigenvalue weighted by Gasteiger charge is 2.31. The van der Waals surface area contributed by atoms with Gasteiger partial charge >= 0.3 is 12.0 Å². The summed E-state index contributed by atoms with van der Waals surface area (Å²) in [4.78, 5) is 22.8. The van der Waals surface area contributed by atoms with Crippen molar-refractivity contribution in [2.75, 3.05) is 18.8 Å². The number of urea groups is 1. The number of carboxylic acid groups (broad SMARTS) is 1. The first kappa shape index (κ1) is 17.7. The van der Waals surface area contributed by atoms with E-state index in [2.05, 4.69) is 15.4 Å². The molecule has 1 rings (SSSR count). The minimum absolute atomic E-state index is 0.0222. The summed E-state index contributed by atoms with van der Waals surface area (Å²) < 4.78 is 25.1. The van der Waals surface area contributed by atoms with Gasteiger partial charge in [-0.3, -0.25) is 4.79 Å². The van der Waals surface area contributed by atoms with Gasteiger partial charge in [-0.1, -0.05) is 19.8 Å². The monoisotopic (exact) mass is 321 g/mol. The van der Waals surface area contributed by atoms with Crippen LogP contribution in [0.5, 0.6) is 0 Å². The van der Waals surface area contributed by atoms with Crippen molar-refractivity contribution in [2.45, 2.75) is 38.6 Å².